The summed E-state index contributed by atoms with van der Waals surface area (Å²) in [6.07, 6.45) is 1.89. The fourth-order valence-corrected chi connectivity index (χ4v) is 4.14. The predicted octanol–water partition coefficient (Wildman–Crippen LogP) is 4.83. The summed E-state index contributed by atoms with van der Waals surface area (Å²) in [5.74, 6) is 0.604. The fraction of sp³-hybridized carbons (Fsp3) is 0.231. The number of rotatable bonds is 5. The second-order valence-electron chi connectivity index (χ2n) is 8.23. The zero-order valence-corrected chi connectivity index (χ0v) is 18.5. The van der Waals surface area contributed by atoms with Crippen molar-refractivity contribution in [3.05, 3.63) is 72.9 Å². The summed E-state index contributed by atoms with van der Waals surface area (Å²) < 4.78 is 0. The number of nitrogens with one attached hydrogen (secondary N) is 2. The molecule has 1 saturated heterocycles. The number of benzene rings is 3. The van der Waals surface area contributed by atoms with Gasteiger partial charge in [-0.15, -0.1) is 0 Å². The molecule has 0 amide bonds. The van der Waals surface area contributed by atoms with Gasteiger partial charge in [0.15, 0.2) is 0 Å². The van der Waals surface area contributed by atoms with Gasteiger partial charge < -0.3 is 20.4 Å². The number of hydrogen-bond acceptors (Lipinski definition) is 6. The Balaban J connectivity index is 1.43. The fourth-order valence-electron chi connectivity index (χ4n) is 4.14. The second-order valence-corrected chi connectivity index (χ2v) is 8.23. The van der Waals surface area contributed by atoms with Crippen LogP contribution in [0.5, 0.6) is 0 Å². The van der Waals surface area contributed by atoms with E-state index in [1.165, 1.54) is 5.69 Å². The highest BCUT2D eigenvalue weighted by Gasteiger charge is 2.15. The number of aromatic nitrogens is 2. The van der Waals surface area contributed by atoms with Crippen molar-refractivity contribution in [2.75, 3.05) is 55.8 Å². The summed E-state index contributed by atoms with van der Waals surface area (Å²) in [5.41, 5.74) is 6.49. The minimum absolute atomic E-state index is 0.604. The van der Waals surface area contributed by atoms with Crippen molar-refractivity contribution >= 4 is 33.9 Å². The highest BCUT2D eigenvalue weighted by Crippen LogP contribution is 2.29. The molecular formula is C26H28N6. The molecule has 0 aliphatic carbocycles. The van der Waals surface area contributed by atoms with Gasteiger partial charge in [0, 0.05) is 67.4 Å². The number of piperazine rings is 1. The van der Waals surface area contributed by atoms with Crippen molar-refractivity contribution < 1.29 is 0 Å². The molecule has 0 unspecified atom stereocenters. The van der Waals surface area contributed by atoms with Crippen LogP contribution in [-0.2, 0) is 0 Å². The number of hydrogen-bond donors (Lipinski definition) is 2. The topological polar surface area (TPSA) is 56.3 Å². The van der Waals surface area contributed by atoms with Gasteiger partial charge in [-0.2, -0.15) is 0 Å². The quantitative estimate of drug-likeness (QED) is 0.478. The molecule has 1 aliphatic rings. The maximum absolute atomic E-state index is 4.88. The third-order valence-corrected chi connectivity index (χ3v) is 6.07. The molecule has 0 bridgehead atoms. The van der Waals surface area contributed by atoms with Crippen LogP contribution in [0.25, 0.3) is 22.0 Å². The highest BCUT2D eigenvalue weighted by atomic mass is 15.2. The van der Waals surface area contributed by atoms with Crippen molar-refractivity contribution in [1.82, 2.24) is 14.9 Å². The second kappa shape index (κ2) is 8.85. The highest BCUT2D eigenvalue weighted by molar-refractivity contribution is 5.94. The molecule has 2 N–H and O–H groups in total. The van der Waals surface area contributed by atoms with Gasteiger partial charge in [-0.3, -0.25) is 0 Å². The molecule has 32 heavy (non-hydrogen) atoms. The Bertz CT molecular complexity index is 1210. The van der Waals surface area contributed by atoms with Crippen molar-refractivity contribution in [2.45, 2.75) is 0 Å². The van der Waals surface area contributed by atoms with E-state index in [4.69, 9.17) is 4.98 Å². The SMILES string of the molecule is CNc1ccc(-c2cccc3cnc(Nc4cccc(N5CCN(C)CC5)c4)nc23)cc1. The Hall–Kier alpha value is -3.64. The lowest BCUT2D eigenvalue weighted by Gasteiger charge is -2.34. The molecule has 3 aromatic carbocycles. The molecule has 0 radical (unpaired) electrons. The van der Waals surface area contributed by atoms with E-state index in [2.05, 4.69) is 99.2 Å². The van der Waals surface area contributed by atoms with Crippen LogP contribution in [0.1, 0.15) is 0 Å². The first-order chi connectivity index (χ1) is 15.7. The molecule has 5 rings (SSSR count). The first-order valence-corrected chi connectivity index (χ1v) is 11.0. The van der Waals surface area contributed by atoms with Crippen LogP contribution in [0.15, 0.2) is 72.9 Å². The minimum atomic E-state index is 0.604. The van der Waals surface area contributed by atoms with Gasteiger partial charge in [0.2, 0.25) is 5.95 Å². The number of anilines is 4. The molecule has 4 aromatic rings. The van der Waals surface area contributed by atoms with Crippen LogP contribution in [0, 0.1) is 0 Å². The van der Waals surface area contributed by atoms with Crippen molar-refractivity contribution in [1.29, 1.82) is 0 Å². The number of para-hydroxylation sites is 1. The minimum Gasteiger partial charge on any atom is -0.388 e. The molecule has 6 heteroatoms. The van der Waals surface area contributed by atoms with Gasteiger partial charge in [0.05, 0.1) is 5.52 Å². The average Bonchev–Trinajstić information content (AvgIpc) is 2.84. The first kappa shape index (κ1) is 20.3. The van der Waals surface area contributed by atoms with Crippen LogP contribution >= 0.6 is 0 Å². The van der Waals surface area contributed by atoms with Crippen molar-refractivity contribution in [2.24, 2.45) is 0 Å². The van der Waals surface area contributed by atoms with E-state index in [9.17, 15) is 0 Å². The summed E-state index contributed by atoms with van der Waals surface area (Å²) in [6, 6.07) is 23.1. The Kier molecular flexibility index (Phi) is 5.60. The Morgan fingerprint density at radius 1 is 0.844 bits per heavy atom. The number of nitrogens with zero attached hydrogens (tertiary/aromatic N) is 4. The molecular weight excluding hydrogens is 396 g/mol. The average molecular weight is 425 g/mol. The molecule has 1 fully saturated rings. The van der Waals surface area contributed by atoms with E-state index >= 15 is 0 Å². The number of fused-ring (bicyclic) bond motifs is 1. The van der Waals surface area contributed by atoms with E-state index in [0.717, 1.165) is 59.6 Å². The molecule has 1 aliphatic heterocycles. The van der Waals surface area contributed by atoms with Crippen LogP contribution in [0.2, 0.25) is 0 Å². The first-order valence-electron chi connectivity index (χ1n) is 11.0. The monoisotopic (exact) mass is 424 g/mol. The Labute approximate surface area is 188 Å². The van der Waals surface area contributed by atoms with E-state index in [1.807, 2.05) is 13.2 Å². The summed E-state index contributed by atoms with van der Waals surface area (Å²) in [7, 11) is 4.10. The maximum atomic E-state index is 4.88. The lowest BCUT2D eigenvalue weighted by Crippen LogP contribution is -2.44. The van der Waals surface area contributed by atoms with Gasteiger partial charge in [0.1, 0.15) is 0 Å². The van der Waals surface area contributed by atoms with Gasteiger partial charge >= 0.3 is 0 Å². The van der Waals surface area contributed by atoms with E-state index < -0.39 is 0 Å². The summed E-state index contributed by atoms with van der Waals surface area (Å²) in [4.78, 5) is 14.2. The van der Waals surface area contributed by atoms with Crippen LogP contribution in [0.4, 0.5) is 23.0 Å². The van der Waals surface area contributed by atoms with Crippen molar-refractivity contribution in [3.63, 3.8) is 0 Å². The zero-order valence-electron chi connectivity index (χ0n) is 18.5. The Morgan fingerprint density at radius 2 is 1.62 bits per heavy atom. The van der Waals surface area contributed by atoms with Gasteiger partial charge in [-0.1, -0.05) is 36.4 Å². The molecule has 0 saturated carbocycles. The molecule has 1 aromatic heterocycles. The van der Waals surface area contributed by atoms with Gasteiger partial charge in [-0.25, -0.2) is 9.97 Å². The molecule has 2 heterocycles. The summed E-state index contributed by atoms with van der Waals surface area (Å²) in [6.45, 7) is 4.26. The maximum Gasteiger partial charge on any atom is 0.227 e. The number of likely N-dealkylation sites (N-methyl/N-ethyl adjacent to an activating group) is 1. The van der Waals surface area contributed by atoms with E-state index in [-0.39, 0.29) is 0 Å². The lowest BCUT2D eigenvalue weighted by atomic mass is 10.0. The van der Waals surface area contributed by atoms with E-state index in [0.29, 0.717) is 5.95 Å². The van der Waals surface area contributed by atoms with Crippen LogP contribution < -0.4 is 15.5 Å². The van der Waals surface area contributed by atoms with Crippen molar-refractivity contribution in [3.8, 4) is 11.1 Å². The predicted molar refractivity (Wildman–Crippen MR) is 134 cm³/mol. The van der Waals surface area contributed by atoms with Crippen LogP contribution in [0.3, 0.4) is 0 Å². The molecule has 0 atom stereocenters. The third-order valence-electron chi connectivity index (χ3n) is 6.07. The third kappa shape index (κ3) is 4.22. The normalized spacial score (nSPS) is 14.5. The van der Waals surface area contributed by atoms with E-state index in [1.54, 1.807) is 0 Å². The molecule has 0 spiro atoms. The smallest absolute Gasteiger partial charge is 0.227 e. The van der Waals surface area contributed by atoms with Gasteiger partial charge in [0.25, 0.3) is 0 Å². The zero-order chi connectivity index (χ0) is 21.9. The van der Waals surface area contributed by atoms with Gasteiger partial charge in [-0.05, 0) is 42.9 Å². The summed E-state index contributed by atoms with van der Waals surface area (Å²) >= 11 is 0. The van der Waals surface area contributed by atoms with Crippen LogP contribution in [-0.4, -0.2) is 55.1 Å². The largest absolute Gasteiger partial charge is 0.388 e. The lowest BCUT2D eigenvalue weighted by molar-refractivity contribution is 0.313. The Morgan fingerprint density at radius 3 is 2.41 bits per heavy atom. The standard InChI is InChI=1S/C26H28N6/c1-27-21-11-9-19(10-12-21)24-8-3-5-20-18-28-26(30-25(20)24)29-22-6-4-7-23(17-22)32-15-13-31(2)14-16-32/h3-12,17-18,27H,13-16H2,1-2H3,(H,28,29,30). The summed E-state index contributed by atoms with van der Waals surface area (Å²) in [5, 5.41) is 7.60. The molecule has 6 nitrogen and oxygen atoms in total. The molecule has 162 valence electrons.